The lowest BCUT2D eigenvalue weighted by molar-refractivity contribution is 0.00945. The highest BCUT2D eigenvalue weighted by atomic mass is 32.2. The molecule has 0 aromatic heterocycles. The van der Waals surface area contributed by atoms with Crippen LogP contribution in [0.2, 0.25) is 0 Å². The van der Waals surface area contributed by atoms with E-state index in [4.69, 9.17) is 5.73 Å². The number of amides is 1. The van der Waals surface area contributed by atoms with Gasteiger partial charge in [-0.05, 0) is 37.1 Å². The Morgan fingerprint density at radius 2 is 1.76 bits per heavy atom. The molecular formula is C14H20N2O4S. The molecule has 1 aliphatic carbocycles. The van der Waals surface area contributed by atoms with Gasteiger partial charge in [-0.25, -0.2) is 13.1 Å². The van der Waals surface area contributed by atoms with Crippen LogP contribution in [0.1, 0.15) is 42.5 Å². The van der Waals surface area contributed by atoms with Crippen molar-refractivity contribution in [2.24, 2.45) is 5.73 Å². The van der Waals surface area contributed by atoms with Crippen LogP contribution in [0.4, 0.5) is 0 Å². The summed E-state index contributed by atoms with van der Waals surface area (Å²) in [7, 11) is -3.70. The topological polar surface area (TPSA) is 109 Å². The Morgan fingerprint density at radius 3 is 2.29 bits per heavy atom. The molecule has 1 fully saturated rings. The largest absolute Gasteiger partial charge is 0.389 e. The van der Waals surface area contributed by atoms with Gasteiger partial charge in [0.2, 0.25) is 15.9 Å². The third-order valence-electron chi connectivity index (χ3n) is 3.82. The number of sulfonamides is 1. The normalized spacial score (nSPS) is 18.3. The van der Waals surface area contributed by atoms with E-state index in [0.717, 1.165) is 19.3 Å². The smallest absolute Gasteiger partial charge is 0.248 e. The molecule has 0 saturated heterocycles. The summed E-state index contributed by atoms with van der Waals surface area (Å²) in [5, 5.41) is 10.3. The molecule has 0 radical (unpaired) electrons. The maximum atomic E-state index is 12.2. The number of carbonyl (C=O) groups is 1. The molecule has 1 amide bonds. The first-order chi connectivity index (χ1) is 9.82. The number of rotatable bonds is 5. The van der Waals surface area contributed by atoms with Gasteiger partial charge in [-0.2, -0.15) is 0 Å². The van der Waals surface area contributed by atoms with E-state index in [0.29, 0.717) is 12.8 Å². The zero-order valence-corrected chi connectivity index (χ0v) is 12.5. The van der Waals surface area contributed by atoms with E-state index in [2.05, 4.69) is 4.72 Å². The van der Waals surface area contributed by atoms with E-state index in [-0.39, 0.29) is 17.0 Å². The zero-order chi connectivity index (χ0) is 15.5. The molecule has 21 heavy (non-hydrogen) atoms. The number of aliphatic hydroxyl groups is 1. The maximum Gasteiger partial charge on any atom is 0.248 e. The molecule has 0 heterocycles. The molecule has 1 aliphatic rings. The molecule has 0 bridgehead atoms. The third kappa shape index (κ3) is 4.03. The van der Waals surface area contributed by atoms with Crippen LogP contribution in [-0.4, -0.2) is 31.6 Å². The van der Waals surface area contributed by atoms with Crippen LogP contribution in [0.25, 0.3) is 0 Å². The number of carbonyl (C=O) groups excluding carboxylic acids is 1. The molecular weight excluding hydrogens is 292 g/mol. The predicted octanol–water partition coefficient (Wildman–Crippen LogP) is 0.759. The Hall–Kier alpha value is -1.44. The Labute approximate surface area is 124 Å². The lowest BCUT2D eigenvalue weighted by Gasteiger charge is -2.32. The second-order valence-corrected chi connectivity index (χ2v) is 7.27. The quantitative estimate of drug-likeness (QED) is 0.745. The Bertz CT molecular complexity index is 604. The van der Waals surface area contributed by atoms with E-state index < -0.39 is 21.5 Å². The number of nitrogens with two attached hydrogens (primary N) is 1. The zero-order valence-electron chi connectivity index (χ0n) is 11.7. The summed E-state index contributed by atoms with van der Waals surface area (Å²) in [5.74, 6) is -0.608. The molecule has 0 atom stereocenters. The summed E-state index contributed by atoms with van der Waals surface area (Å²) >= 11 is 0. The first-order valence-corrected chi connectivity index (χ1v) is 8.43. The average Bonchev–Trinajstić information content (AvgIpc) is 2.46. The van der Waals surface area contributed by atoms with E-state index in [1.807, 2.05) is 0 Å². The summed E-state index contributed by atoms with van der Waals surface area (Å²) in [5.41, 5.74) is 4.40. The molecule has 1 saturated carbocycles. The van der Waals surface area contributed by atoms with Crippen LogP contribution < -0.4 is 10.5 Å². The molecule has 2 rings (SSSR count). The fourth-order valence-electron chi connectivity index (χ4n) is 2.50. The van der Waals surface area contributed by atoms with Gasteiger partial charge in [-0.3, -0.25) is 4.79 Å². The second-order valence-electron chi connectivity index (χ2n) is 5.50. The lowest BCUT2D eigenvalue weighted by atomic mass is 9.85. The van der Waals surface area contributed by atoms with Gasteiger partial charge in [0.05, 0.1) is 10.5 Å². The average molecular weight is 312 g/mol. The van der Waals surface area contributed by atoms with Crippen molar-refractivity contribution in [2.45, 2.75) is 42.6 Å². The Kier molecular flexibility index (Phi) is 4.65. The van der Waals surface area contributed by atoms with Crippen LogP contribution in [0.3, 0.4) is 0 Å². The van der Waals surface area contributed by atoms with Gasteiger partial charge in [0, 0.05) is 12.1 Å². The number of hydrogen-bond acceptors (Lipinski definition) is 4. The minimum atomic E-state index is -3.70. The molecule has 4 N–H and O–H groups in total. The van der Waals surface area contributed by atoms with Gasteiger partial charge in [0.25, 0.3) is 0 Å². The summed E-state index contributed by atoms with van der Waals surface area (Å²) in [6, 6.07) is 5.39. The summed E-state index contributed by atoms with van der Waals surface area (Å²) < 4.78 is 26.8. The minimum absolute atomic E-state index is 0.00685. The van der Waals surface area contributed by atoms with Gasteiger partial charge in [-0.1, -0.05) is 19.3 Å². The van der Waals surface area contributed by atoms with Crippen LogP contribution in [0.15, 0.2) is 29.2 Å². The number of hydrogen-bond donors (Lipinski definition) is 3. The van der Waals surface area contributed by atoms with E-state index >= 15 is 0 Å². The molecule has 1 aromatic carbocycles. The molecule has 7 heteroatoms. The van der Waals surface area contributed by atoms with Crippen molar-refractivity contribution in [3.63, 3.8) is 0 Å². The van der Waals surface area contributed by atoms with Gasteiger partial charge in [-0.15, -0.1) is 0 Å². The number of nitrogens with one attached hydrogen (secondary N) is 1. The van der Waals surface area contributed by atoms with Crippen molar-refractivity contribution in [2.75, 3.05) is 6.54 Å². The van der Waals surface area contributed by atoms with Crippen LogP contribution in [0.5, 0.6) is 0 Å². The highest BCUT2D eigenvalue weighted by Gasteiger charge is 2.30. The summed E-state index contributed by atoms with van der Waals surface area (Å²) in [6.07, 6.45) is 4.10. The lowest BCUT2D eigenvalue weighted by Crippen LogP contribution is -2.44. The van der Waals surface area contributed by atoms with Crippen LogP contribution in [-0.2, 0) is 10.0 Å². The Balaban J connectivity index is 2.05. The monoisotopic (exact) mass is 312 g/mol. The van der Waals surface area contributed by atoms with Crippen molar-refractivity contribution in [3.8, 4) is 0 Å². The number of primary amides is 1. The predicted molar refractivity (Wildman–Crippen MR) is 78.2 cm³/mol. The van der Waals surface area contributed by atoms with Gasteiger partial charge < -0.3 is 10.8 Å². The standard InChI is InChI=1S/C14H20N2O4S/c15-13(17)11-4-6-12(7-5-11)21(19,20)16-10-14(18)8-2-1-3-9-14/h4-7,16,18H,1-3,8-10H2,(H2,15,17). The molecule has 6 nitrogen and oxygen atoms in total. The molecule has 0 unspecified atom stereocenters. The third-order valence-corrected chi connectivity index (χ3v) is 5.24. The van der Waals surface area contributed by atoms with E-state index in [1.54, 1.807) is 0 Å². The fraction of sp³-hybridized carbons (Fsp3) is 0.500. The molecule has 0 spiro atoms. The fourth-order valence-corrected chi connectivity index (χ4v) is 3.62. The van der Waals surface area contributed by atoms with Gasteiger partial charge in [0.1, 0.15) is 0 Å². The van der Waals surface area contributed by atoms with Crippen LogP contribution in [0, 0.1) is 0 Å². The van der Waals surface area contributed by atoms with Crippen molar-refractivity contribution in [1.82, 2.24) is 4.72 Å². The second kappa shape index (κ2) is 6.13. The minimum Gasteiger partial charge on any atom is -0.389 e. The van der Waals surface area contributed by atoms with Crippen molar-refractivity contribution < 1.29 is 18.3 Å². The Morgan fingerprint density at radius 1 is 1.19 bits per heavy atom. The van der Waals surface area contributed by atoms with E-state index in [1.165, 1.54) is 24.3 Å². The first-order valence-electron chi connectivity index (χ1n) is 6.94. The summed E-state index contributed by atoms with van der Waals surface area (Å²) in [4.78, 5) is 11.0. The van der Waals surface area contributed by atoms with Crippen molar-refractivity contribution in [1.29, 1.82) is 0 Å². The number of benzene rings is 1. The highest BCUT2D eigenvalue weighted by Crippen LogP contribution is 2.27. The maximum absolute atomic E-state index is 12.2. The summed E-state index contributed by atoms with van der Waals surface area (Å²) in [6.45, 7) is 0.00685. The SMILES string of the molecule is NC(=O)c1ccc(S(=O)(=O)NCC2(O)CCCCC2)cc1. The molecule has 1 aromatic rings. The highest BCUT2D eigenvalue weighted by molar-refractivity contribution is 7.89. The molecule has 116 valence electrons. The van der Waals surface area contributed by atoms with Crippen molar-refractivity contribution in [3.05, 3.63) is 29.8 Å². The first kappa shape index (κ1) is 15.9. The van der Waals surface area contributed by atoms with Gasteiger partial charge >= 0.3 is 0 Å². The van der Waals surface area contributed by atoms with Gasteiger partial charge in [0.15, 0.2) is 0 Å². The van der Waals surface area contributed by atoms with Crippen molar-refractivity contribution >= 4 is 15.9 Å². The van der Waals surface area contributed by atoms with E-state index in [9.17, 15) is 18.3 Å². The molecule has 0 aliphatic heterocycles. The van der Waals surface area contributed by atoms with Crippen LogP contribution >= 0.6 is 0 Å².